The Hall–Kier alpha value is -2.86. The van der Waals surface area contributed by atoms with Crippen molar-refractivity contribution in [2.75, 3.05) is 13.2 Å². The summed E-state index contributed by atoms with van der Waals surface area (Å²) in [5.74, 6) is 1.35. The van der Waals surface area contributed by atoms with Crippen molar-refractivity contribution in [2.24, 2.45) is 0 Å². The molecule has 0 aliphatic carbocycles. The second-order valence-electron chi connectivity index (χ2n) is 6.03. The van der Waals surface area contributed by atoms with Crippen LogP contribution in [0.3, 0.4) is 0 Å². The lowest BCUT2D eigenvalue weighted by atomic mass is 10.2. The lowest BCUT2D eigenvalue weighted by Crippen LogP contribution is -2.34. The molecule has 140 valence electrons. The minimum atomic E-state index is -0.148. The van der Waals surface area contributed by atoms with Crippen LogP contribution in [0.4, 0.5) is 0 Å². The number of likely N-dealkylation sites (N-methyl/N-ethyl adjacent to an activating group) is 1. The van der Waals surface area contributed by atoms with E-state index in [1.165, 1.54) is 0 Å². The smallest absolute Gasteiger partial charge is 0.260 e. The van der Waals surface area contributed by atoms with E-state index in [9.17, 15) is 4.79 Å². The molecule has 0 saturated carbocycles. The summed E-state index contributed by atoms with van der Waals surface area (Å²) >= 11 is 5.89. The zero-order valence-electron chi connectivity index (χ0n) is 15.2. The highest BCUT2D eigenvalue weighted by atomic mass is 35.5. The molecule has 2 aromatic carbocycles. The molecular weight excluding hydrogens is 366 g/mol. The summed E-state index contributed by atoms with van der Waals surface area (Å²) in [4.78, 5) is 18.4. The van der Waals surface area contributed by atoms with Crippen LogP contribution in [0.1, 0.15) is 18.4 Å². The van der Waals surface area contributed by atoms with Crippen LogP contribution in [-0.4, -0.2) is 34.1 Å². The Morgan fingerprint density at radius 3 is 2.70 bits per heavy atom. The van der Waals surface area contributed by atoms with Gasteiger partial charge >= 0.3 is 0 Å². The second-order valence-corrected chi connectivity index (χ2v) is 6.47. The van der Waals surface area contributed by atoms with Crippen molar-refractivity contribution in [1.82, 2.24) is 15.0 Å². The molecule has 3 aromatic rings. The van der Waals surface area contributed by atoms with Gasteiger partial charge in [0.15, 0.2) is 6.61 Å². The van der Waals surface area contributed by atoms with Crippen LogP contribution < -0.4 is 4.74 Å². The Morgan fingerprint density at radius 1 is 1.22 bits per heavy atom. The first-order chi connectivity index (χ1) is 13.0. The van der Waals surface area contributed by atoms with Crippen molar-refractivity contribution in [3.8, 4) is 17.1 Å². The molecule has 0 atom stereocenters. The van der Waals surface area contributed by atoms with E-state index in [1.54, 1.807) is 17.0 Å². The summed E-state index contributed by atoms with van der Waals surface area (Å²) in [6, 6.07) is 14.7. The van der Waals surface area contributed by atoms with Crippen molar-refractivity contribution in [2.45, 2.75) is 20.4 Å². The fraction of sp³-hybridized carbons (Fsp3) is 0.250. The average molecular weight is 386 g/mol. The standard InChI is InChI=1S/C20H20ClN3O3/c1-3-24(19(25)13-26-17-6-4-5-14(2)11-17)12-18-22-20(23-27-18)15-7-9-16(21)10-8-15/h4-11H,3,12-13H2,1-2H3. The maximum absolute atomic E-state index is 12.4. The maximum Gasteiger partial charge on any atom is 0.260 e. The topological polar surface area (TPSA) is 68.5 Å². The molecule has 0 spiro atoms. The van der Waals surface area contributed by atoms with Gasteiger partial charge in [-0.05, 0) is 55.8 Å². The van der Waals surface area contributed by atoms with E-state index in [0.717, 1.165) is 11.1 Å². The van der Waals surface area contributed by atoms with Crippen molar-refractivity contribution in [1.29, 1.82) is 0 Å². The van der Waals surface area contributed by atoms with Crippen LogP contribution in [0.15, 0.2) is 53.1 Å². The SMILES string of the molecule is CCN(Cc1nc(-c2ccc(Cl)cc2)no1)C(=O)COc1cccc(C)c1. The number of hydrogen-bond donors (Lipinski definition) is 0. The molecule has 0 fully saturated rings. The van der Waals surface area contributed by atoms with Gasteiger partial charge in [-0.25, -0.2) is 0 Å². The maximum atomic E-state index is 12.4. The number of benzene rings is 2. The molecule has 0 aliphatic rings. The third-order valence-electron chi connectivity index (χ3n) is 3.98. The fourth-order valence-corrected chi connectivity index (χ4v) is 2.64. The third kappa shape index (κ3) is 5.08. The van der Waals surface area contributed by atoms with Crippen LogP contribution in [0.25, 0.3) is 11.4 Å². The number of carbonyl (C=O) groups excluding carboxylic acids is 1. The summed E-state index contributed by atoms with van der Waals surface area (Å²) in [5, 5.41) is 4.61. The molecule has 0 radical (unpaired) electrons. The fourth-order valence-electron chi connectivity index (χ4n) is 2.52. The van der Waals surface area contributed by atoms with E-state index in [0.29, 0.717) is 29.0 Å². The number of carbonyl (C=O) groups is 1. The molecule has 1 amide bonds. The number of nitrogens with zero attached hydrogens (tertiary/aromatic N) is 3. The lowest BCUT2D eigenvalue weighted by molar-refractivity contribution is -0.134. The molecule has 27 heavy (non-hydrogen) atoms. The van der Waals surface area contributed by atoms with Gasteiger partial charge in [-0.2, -0.15) is 4.98 Å². The highest BCUT2D eigenvalue weighted by molar-refractivity contribution is 6.30. The van der Waals surface area contributed by atoms with Gasteiger partial charge < -0.3 is 14.2 Å². The summed E-state index contributed by atoms with van der Waals surface area (Å²) in [6.45, 7) is 4.55. The molecular formula is C20H20ClN3O3. The van der Waals surface area contributed by atoms with Crippen LogP contribution in [0.5, 0.6) is 5.75 Å². The summed E-state index contributed by atoms with van der Waals surface area (Å²) in [7, 11) is 0. The normalized spacial score (nSPS) is 10.6. The van der Waals surface area contributed by atoms with E-state index in [-0.39, 0.29) is 19.1 Å². The Balaban J connectivity index is 1.61. The van der Waals surface area contributed by atoms with Crippen LogP contribution in [-0.2, 0) is 11.3 Å². The molecule has 0 N–H and O–H groups in total. The average Bonchev–Trinajstić information content (AvgIpc) is 3.13. The Labute approximate surface area is 162 Å². The van der Waals surface area contributed by atoms with Gasteiger partial charge in [-0.15, -0.1) is 0 Å². The third-order valence-corrected chi connectivity index (χ3v) is 4.23. The van der Waals surface area contributed by atoms with E-state index in [2.05, 4.69) is 10.1 Å². The first-order valence-corrected chi connectivity index (χ1v) is 8.98. The number of halogens is 1. The monoisotopic (exact) mass is 385 g/mol. The van der Waals surface area contributed by atoms with E-state index in [4.69, 9.17) is 20.9 Å². The first-order valence-electron chi connectivity index (χ1n) is 8.61. The highest BCUT2D eigenvalue weighted by Crippen LogP contribution is 2.19. The Kier molecular flexibility index (Phi) is 6.08. The van der Waals surface area contributed by atoms with Gasteiger partial charge in [0.2, 0.25) is 11.7 Å². The van der Waals surface area contributed by atoms with Crippen molar-refractivity contribution < 1.29 is 14.1 Å². The summed E-state index contributed by atoms with van der Waals surface area (Å²) in [5.41, 5.74) is 1.87. The van der Waals surface area contributed by atoms with E-state index >= 15 is 0 Å². The van der Waals surface area contributed by atoms with E-state index in [1.807, 2.05) is 50.2 Å². The van der Waals surface area contributed by atoms with Gasteiger partial charge in [0.25, 0.3) is 5.91 Å². The van der Waals surface area contributed by atoms with Gasteiger partial charge in [0.05, 0.1) is 0 Å². The Bertz CT molecular complexity index is 909. The zero-order valence-corrected chi connectivity index (χ0v) is 15.9. The molecule has 1 aromatic heterocycles. The second kappa shape index (κ2) is 8.68. The molecule has 0 bridgehead atoms. The molecule has 0 saturated heterocycles. The van der Waals surface area contributed by atoms with Gasteiger partial charge in [0.1, 0.15) is 12.3 Å². The molecule has 1 heterocycles. The number of amides is 1. The Morgan fingerprint density at radius 2 is 2.00 bits per heavy atom. The predicted octanol–water partition coefficient (Wildman–Crippen LogP) is 4.13. The summed E-state index contributed by atoms with van der Waals surface area (Å²) in [6.07, 6.45) is 0. The van der Waals surface area contributed by atoms with E-state index < -0.39 is 0 Å². The molecule has 0 unspecified atom stereocenters. The van der Waals surface area contributed by atoms with Gasteiger partial charge in [0, 0.05) is 17.1 Å². The summed E-state index contributed by atoms with van der Waals surface area (Å²) < 4.78 is 10.9. The lowest BCUT2D eigenvalue weighted by Gasteiger charge is -2.19. The van der Waals surface area contributed by atoms with Crippen molar-refractivity contribution in [3.63, 3.8) is 0 Å². The van der Waals surface area contributed by atoms with Crippen molar-refractivity contribution >= 4 is 17.5 Å². The molecule has 7 heteroatoms. The molecule has 6 nitrogen and oxygen atoms in total. The predicted molar refractivity (Wildman–Crippen MR) is 103 cm³/mol. The minimum absolute atomic E-state index is 0.0462. The first kappa shape index (κ1) is 18.9. The molecule has 0 aliphatic heterocycles. The van der Waals surface area contributed by atoms with Gasteiger partial charge in [-0.1, -0.05) is 28.9 Å². The minimum Gasteiger partial charge on any atom is -0.484 e. The number of aromatic nitrogens is 2. The quantitative estimate of drug-likeness (QED) is 0.611. The zero-order chi connectivity index (χ0) is 19.2. The molecule has 3 rings (SSSR count). The van der Waals surface area contributed by atoms with Gasteiger partial charge in [-0.3, -0.25) is 4.79 Å². The van der Waals surface area contributed by atoms with Crippen molar-refractivity contribution in [3.05, 3.63) is 65.0 Å². The number of hydrogen-bond acceptors (Lipinski definition) is 5. The number of rotatable bonds is 7. The van der Waals surface area contributed by atoms with Crippen LogP contribution in [0, 0.1) is 6.92 Å². The largest absolute Gasteiger partial charge is 0.484 e. The van der Waals surface area contributed by atoms with Crippen LogP contribution in [0.2, 0.25) is 5.02 Å². The number of ether oxygens (including phenoxy) is 1. The highest BCUT2D eigenvalue weighted by Gasteiger charge is 2.17. The number of aryl methyl sites for hydroxylation is 1. The van der Waals surface area contributed by atoms with Crippen LogP contribution >= 0.6 is 11.6 Å².